The van der Waals surface area contributed by atoms with Gasteiger partial charge in [-0.25, -0.2) is 4.98 Å². The van der Waals surface area contributed by atoms with E-state index in [9.17, 15) is 9.59 Å². The van der Waals surface area contributed by atoms with Crippen molar-refractivity contribution in [2.75, 3.05) is 19.6 Å². The van der Waals surface area contributed by atoms with Crippen molar-refractivity contribution in [2.24, 2.45) is 11.8 Å². The molecule has 1 aromatic carbocycles. The number of carbonyl (C=O) groups excluding carboxylic acids is 1. The first-order chi connectivity index (χ1) is 13.1. The topological polar surface area (TPSA) is 66.7 Å². The third-order valence-corrected chi connectivity index (χ3v) is 6.68. The number of aryl methyl sites for hydroxylation is 1. The van der Waals surface area contributed by atoms with Crippen LogP contribution in [0.2, 0.25) is 0 Å². The Morgan fingerprint density at radius 3 is 2.93 bits per heavy atom. The fourth-order valence-corrected chi connectivity index (χ4v) is 5.25. The number of nitrogens with one attached hydrogen (secondary N) is 1. The summed E-state index contributed by atoms with van der Waals surface area (Å²) in [6, 6.07) is 8.22. The maximum atomic E-state index is 13.4. The van der Waals surface area contributed by atoms with E-state index in [0.717, 1.165) is 13.1 Å². The number of amides is 1. The molecule has 1 N–H and O–H groups in total. The molecular formula is C20H21ClN4O2S. The van der Waals surface area contributed by atoms with Gasteiger partial charge in [0.15, 0.2) is 4.96 Å². The minimum absolute atomic E-state index is 0. The molecule has 6 nitrogen and oxygen atoms in total. The SMILES string of the molecule is Cc1ccccc1[C@H]1[C@H]2CNC[C@H]2CN1C(=O)c1cnc2sccn2c1=O.Cl. The Labute approximate surface area is 172 Å². The minimum Gasteiger partial charge on any atom is -0.331 e. The average molecular weight is 417 g/mol. The van der Waals surface area contributed by atoms with Crippen molar-refractivity contribution in [1.29, 1.82) is 0 Å². The summed E-state index contributed by atoms with van der Waals surface area (Å²) >= 11 is 1.39. The number of aromatic nitrogens is 2. The molecule has 2 fully saturated rings. The van der Waals surface area contributed by atoms with E-state index in [1.54, 1.807) is 11.6 Å². The molecule has 146 valence electrons. The van der Waals surface area contributed by atoms with Gasteiger partial charge in [0.05, 0.1) is 6.04 Å². The lowest BCUT2D eigenvalue weighted by Crippen LogP contribution is -2.38. The van der Waals surface area contributed by atoms with Gasteiger partial charge in [-0.3, -0.25) is 14.0 Å². The summed E-state index contributed by atoms with van der Waals surface area (Å²) in [6.45, 7) is 4.56. The maximum Gasteiger partial charge on any atom is 0.271 e. The third-order valence-electron chi connectivity index (χ3n) is 5.91. The number of hydrogen-bond acceptors (Lipinski definition) is 5. The van der Waals surface area contributed by atoms with Crippen LogP contribution in [0.1, 0.15) is 27.5 Å². The molecule has 0 aliphatic carbocycles. The Hall–Kier alpha value is -2.22. The highest BCUT2D eigenvalue weighted by atomic mass is 35.5. The van der Waals surface area contributed by atoms with E-state index < -0.39 is 0 Å². The van der Waals surface area contributed by atoms with E-state index in [4.69, 9.17) is 0 Å². The highest BCUT2D eigenvalue weighted by Gasteiger charge is 2.47. The van der Waals surface area contributed by atoms with Crippen molar-refractivity contribution in [3.05, 3.63) is 69.1 Å². The lowest BCUT2D eigenvalue weighted by molar-refractivity contribution is 0.0711. The van der Waals surface area contributed by atoms with Crippen LogP contribution in [0.25, 0.3) is 4.96 Å². The quantitative estimate of drug-likeness (QED) is 0.697. The highest BCUT2D eigenvalue weighted by molar-refractivity contribution is 7.15. The second kappa shape index (κ2) is 7.31. The van der Waals surface area contributed by atoms with Crippen molar-refractivity contribution in [1.82, 2.24) is 19.6 Å². The molecule has 5 rings (SSSR count). The summed E-state index contributed by atoms with van der Waals surface area (Å²) in [5, 5.41) is 5.27. The molecule has 0 spiro atoms. The van der Waals surface area contributed by atoms with Gasteiger partial charge in [-0.15, -0.1) is 23.7 Å². The number of nitrogens with zero attached hydrogens (tertiary/aromatic N) is 3. The number of carbonyl (C=O) groups is 1. The van der Waals surface area contributed by atoms with Crippen LogP contribution in [-0.4, -0.2) is 39.8 Å². The van der Waals surface area contributed by atoms with Gasteiger partial charge in [0.1, 0.15) is 5.56 Å². The lowest BCUT2D eigenvalue weighted by Gasteiger charge is -2.29. The number of likely N-dealkylation sites (tertiary alicyclic amines) is 1. The molecule has 28 heavy (non-hydrogen) atoms. The first-order valence-corrected chi connectivity index (χ1v) is 10.0. The van der Waals surface area contributed by atoms with E-state index in [1.807, 2.05) is 17.0 Å². The van der Waals surface area contributed by atoms with Crippen molar-refractivity contribution in [3.8, 4) is 0 Å². The molecule has 2 aliphatic rings. The second-order valence-corrected chi connectivity index (χ2v) is 8.25. The Morgan fingerprint density at radius 1 is 1.29 bits per heavy atom. The summed E-state index contributed by atoms with van der Waals surface area (Å²) < 4.78 is 1.46. The highest BCUT2D eigenvalue weighted by Crippen LogP contribution is 2.43. The monoisotopic (exact) mass is 416 g/mol. The largest absolute Gasteiger partial charge is 0.331 e. The smallest absolute Gasteiger partial charge is 0.271 e. The van der Waals surface area contributed by atoms with E-state index in [1.165, 1.54) is 33.1 Å². The molecule has 0 bridgehead atoms. The zero-order valence-electron chi connectivity index (χ0n) is 15.4. The normalized spacial score (nSPS) is 23.6. The predicted molar refractivity (Wildman–Crippen MR) is 111 cm³/mol. The molecule has 2 saturated heterocycles. The third kappa shape index (κ3) is 2.85. The molecule has 2 aliphatic heterocycles. The van der Waals surface area contributed by atoms with Crippen LogP contribution in [0.5, 0.6) is 0 Å². The van der Waals surface area contributed by atoms with Crippen LogP contribution in [0.4, 0.5) is 0 Å². The van der Waals surface area contributed by atoms with E-state index in [0.29, 0.717) is 23.3 Å². The molecular weight excluding hydrogens is 396 g/mol. The summed E-state index contributed by atoms with van der Waals surface area (Å²) in [7, 11) is 0. The van der Waals surface area contributed by atoms with Crippen LogP contribution in [0.3, 0.4) is 0 Å². The maximum absolute atomic E-state index is 13.4. The van der Waals surface area contributed by atoms with Gasteiger partial charge in [-0.2, -0.15) is 0 Å². The van der Waals surface area contributed by atoms with Gasteiger partial charge < -0.3 is 10.2 Å². The zero-order valence-corrected chi connectivity index (χ0v) is 17.0. The minimum atomic E-state index is -0.287. The number of rotatable bonds is 2. The number of thiazole rings is 1. The predicted octanol–water partition coefficient (Wildman–Crippen LogP) is 2.52. The molecule has 1 amide bonds. The lowest BCUT2D eigenvalue weighted by atomic mass is 9.87. The Kier molecular flexibility index (Phi) is 4.99. The summed E-state index contributed by atoms with van der Waals surface area (Å²) in [6.07, 6.45) is 3.12. The molecule has 0 radical (unpaired) electrons. The molecule has 3 aromatic rings. The van der Waals surface area contributed by atoms with Crippen LogP contribution in [0, 0.1) is 18.8 Å². The van der Waals surface area contributed by atoms with Crippen LogP contribution < -0.4 is 10.9 Å². The van der Waals surface area contributed by atoms with Gasteiger partial charge in [-0.1, -0.05) is 24.3 Å². The van der Waals surface area contributed by atoms with E-state index >= 15 is 0 Å². The van der Waals surface area contributed by atoms with E-state index in [-0.39, 0.29) is 35.5 Å². The molecule has 0 unspecified atom stereocenters. The van der Waals surface area contributed by atoms with Crippen molar-refractivity contribution in [2.45, 2.75) is 13.0 Å². The van der Waals surface area contributed by atoms with Gasteiger partial charge in [0.25, 0.3) is 11.5 Å². The summed E-state index contributed by atoms with van der Waals surface area (Å²) in [5.74, 6) is 0.575. The first kappa shape index (κ1) is 19.1. The molecule has 3 atom stereocenters. The summed E-state index contributed by atoms with van der Waals surface area (Å²) in [4.78, 5) is 33.0. The van der Waals surface area contributed by atoms with Gasteiger partial charge >= 0.3 is 0 Å². The number of fused-ring (bicyclic) bond motifs is 2. The number of hydrogen-bond donors (Lipinski definition) is 1. The van der Waals surface area contributed by atoms with Crippen molar-refractivity contribution < 1.29 is 4.79 Å². The van der Waals surface area contributed by atoms with Crippen LogP contribution >= 0.6 is 23.7 Å². The number of halogens is 1. The Morgan fingerprint density at radius 2 is 2.11 bits per heavy atom. The first-order valence-electron chi connectivity index (χ1n) is 9.17. The second-order valence-electron chi connectivity index (χ2n) is 7.37. The van der Waals surface area contributed by atoms with Gasteiger partial charge in [0, 0.05) is 43.3 Å². The van der Waals surface area contributed by atoms with Crippen LogP contribution in [-0.2, 0) is 0 Å². The van der Waals surface area contributed by atoms with Crippen molar-refractivity contribution >= 4 is 34.6 Å². The Bertz CT molecular complexity index is 1090. The fourth-order valence-electron chi connectivity index (χ4n) is 4.57. The van der Waals surface area contributed by atoms with Crippen molar-refractivity contribution in [3.63, 3.8) is 0 Å². The molecule has 2 aromatic heterocycles. The molecule has 8 heteroatoms. The Balaban J connectivity index is 0.00000192. The number of benzene rings is 1. The van der Waals surface area contributed by atoms with E-state index in [2.05, 4.69) is 29.4 Å². The van der Waals surface area contributed by atoms with Gasteiger partial charge in [0.2, 0.25) is 0 Å². The average Bonchev–Trinajstić information content (AvgIpc) is 3.38. The molecule has 0 saturated carbocycles. The zero-order chi connectivity index (χ0) is 18.5. The van der Waals surface area contributed by atoms with Gasteiger partial charge in [-0.05, 0) is 24.0 Å². The van der Waals surface area contributed by atoms with Crippen LogP contribution in [0.15, 0.2) is 46.8 Å². The fraction of sp³-hybridized carbons (Fsp3) is 0.350. The molecule has 4 heterocycles. The standard InChI is InChI=1S/C20H20N4O2S.ClH/c1-12-4-2-3-5-14(12)17-15-9-21-8-13(15)11-24(17)19(26)16-10-22-20-23(18(16)25)6-7-27-20;/h2-7,10,13,15,17,21H,8-9,11H2,1H3;1H/t13-,15-,17-;/m0./s1. The summed E-state index contributed by atoms with van der Waals surface area (Å²) in [5.41, 5.74) is 2.21.